The average molecular weight is 260 g/mol. The highest BCUT2D eigenvalue weighted by Crippen LogP contribution is 2.41. The lowest BCUT2D eigenvalue weighted by molar-refractivity contribution is 0.0696. The average Bonchev–Trinajstić information content (AvgIpc) is 2.91. The maximum absolute atomic E-state index is 10.9. The normalized spacial score (nSPS) is 18.3. The molecule has 2 heterocycles. The number of rotatable bonds is 2. The first-order valence-electron chi connectivity index (χ1n) is 5.74. The molecule has 1 unspecified atom stereocenters. The monoisotopic (exact) mass is 260 g/mol. The molecule has 0 amide bonds. The molecule has 0 spiro atoms. The van der Waals surface area contributed by atoms with Gasteiger partial charge in [-0.3, -0.25) is 0 Å². The van der Waals surface area contributed by atoms with Gasteiger partial charge >= 0.3 is 5.97 Å². The van der Waals surface area contributed by atoms with Gasteiger partial charge < -0.3 is 9.67 Å². The summed E-state index contributed by atoms with van der Waals surface area (Å²) in [7, 11) is 0. The minimum absolute atomic E-state index is 0.357. The van der Waals surface area contributed by atoms with Crippen LogP contribution >= 0.6 is 11.8 Å². The molecule has 92 valence electrons. The molecule has 1 N–H and O–H groups in total. The summed E-state index contributed by atoms with van der Waals surface area (Å²) < 4.78 is 2.10. The minimum atomic E-state index is -0.862. The van der Waals surface area contributed by atoms with E-state index in [0.29, 0.717) is 10.9 Å². The summed E-state index contributed by atoms with van der Waals surface area (Å²) in [5.74, 6) is -0.862. The zero-order valence-corrected chi connectivity index (χ0v) is 10.4. The molecule has 18 heavy (non-hydrogen) atoms. The smallest absolute Gasteiger partial charge is 0.335 e. The molecule has 4 nitrogen and oxygen atoms in total. The molecule has 1 aliphatic rings. The van der Waals surface area contributed by atoms with E-state index < -0.39 is 5.97 Å². The number of carboxylic acids is 1. The van der Waals surface area contributed by atoms with E-state index in [1.54, 1.807) is 30.1 Å². The maximum Gasteiger partial charge on any atom is 0.335 e. The third kappa shape index (κ3) is 2.01. The van der Waals surface area contributed by atoms with Crippen molar-refractivity contribution >= 4 is 17.7 Å². The second-order valence-corrected chi connectivity index (χ2v) is 5.47. The summed E-state index contributed by atoms with van der Waals surface area (Å²) in [4.78, 5) is 16.2. The lowest BCUT2D eigenvalue weighted by atomic mass is 10.1. The van der Waals surface area contributed by atoms with Gasteiger partial charge in [-0.1, -0.05) is 0 Å². The number of hydrogen-bond acceptors (Lipinski definition) is 3. The summed E-state index contributed by atoms with van der Waals surface area (Å²) in [5.41, 5.74) is 1.51. The molecular formula is C13H12N2O2S. The van der Waals surface area contributed by atoms with Gasteiger partial charge in [0, 0.05) is 17.3 Å². The molecule has 0 fully saturated rings. The quantitative estimate of drug-likeness (QED) is 0.902. The van der Waals surface area contributed by atoms with Crippen LogP contribution in [-0.4, -0.2) is 20.6 Å². The Kier molecular flexibility index (Phi) is 2.83. The highest BCUT2D eigenvalue weighted by atomic mass is 32.2. The number of aryl methyl sites for hydroxylation is 1. The summed E-state index contributed by atoms with van der Waals surface area (Å²) in [5, 5.41) is 9.33. The first kappa shape index (κ1) is 11.3. The van der Waals surface area contributed by atoms with Crippen LogP contribution in [0.5, 0.6) is 0 Å². The van der Waals surface area contributed by atoms with Crippen LogP contribution in [0.2, 0.25) is 0 Å². The standard InChI is InChI=1S/C13H12N2O2S/c16-13(17)10-1-3-11-9(7-10)2-4-12(18-11)15-6-5-14-8-15/h1,3,5-8,12H,2,4H2,(H,16,17). The largest absolute Gasteiger partial charge is 0.478 e. The molecule has 5 heteroatoms. The second kappa shape index (κ2) is 4.49. The Balaban J connectivity index is 1.88. The summed E-state index contributed by atoms with van der Waals surface area (Å²) in [6.07, 6.45) is 7.48. The van der Waals surface area contributed by atoms with Crippen LogP contribution in [0.1, 0.15) is 27.7 Å². The van der Waals surface area contributed by atoms with Gasteiger partial charge in [0.25, 0.3) is 0 Å². The van der Waals surface area contributed by atoms with Gasteiger partial charge in [0.1, 0.15) is 0 Å². The number of nitrogens with zero attached hydrogens (tertiary/aromatic N) is 2. The summed E-state index contributed by atoms with van der Waals surface area (Å²) in [6, 6.07) is 5.37. The number of fused-ring (bicyclic) bond motifs is 1. The molecule has 0 radical (unpaired) electrons. The van der Waals surface area contributed by atoms with E-state index in [1.807, 2.05) is 18.6 Å². The Morgan fingerprint density at radius 1 is 1.50 bits per heavy atom. The number of carboxylic acid groups (broad SMARTS) is 1. The van der Waals surface area contributed by atoms with Crippen LogP contribution in [0, 0.1) is 0 Å². The first-order chi connectivity index (χ1) is 8.74. The Bertz CT molecular complexity index is 581. The van der Waals surface area contributed by atoms with Crippen molar-refractivity contribution < 1.29 is 9.90 Å². The van der Waals surface area contributed by atoms with E-state index >= 15 is 0 Å². The SMILES string of the molecule is O=C(O)c1ccc2c(c1)CCC(n1ccnc1)S2. The molecule has 0 bridgehead atoms. The van der Waals surface area contributed by atoms with Gasteiger partial charge in [-0.15, -0.1) is 11.8 Å². The van der Waals surface area contributed by atoms with Crippen molar-refractivity contribution in [2.45, 2.75) is 23.1 Å². The first-order valence-corrected chi connectivity index (χ1v) is 6.62. The third-order valence-corrected chi connectivity index (χ3v) is 4.49. The van der Waals surface area contributed by atoms with Crippen LogP contribution in [0.25, 0.3) is 0 Å². The molecule has 2 aromatic rings. The second-order valence-electron chi connectivity index (χ2n) is 4.25. The van der Waals surface area contributed by atoms with E-state index in [1.165, 1.54) is 4.90 Å². The fourth-order valence-electron chi connectivity index (χ4n) is 2.16. The van der Waals surface area contributed by atoms with Crippen molar-refractivity contribution in [1.29, 1.82) is 0 Å². The van der Waals surface area contributed by atoms with E-state index in [-0.39, 0.29) is 0 Å². The van der Waals surface area contributed by atoms with Gasteiger partial charge in [-0.05, 0) is 36.6 Å². The number of carbonyl (C=O) groups is 1. The maximum atomic E-state index is 10.9. The fourth-order valence-corrected chi connectivity index (χ4v) is 3.39. The predicted octanol–water partition coefficient (Wildman–Crippen LogP) is 2.82. The fraction of sp³-hybridized carbons (Fsp3) is 0.231. The molecule has 0 saturated heterocycles. The van der Waals surface area contributed by atoms with Crippen LogP contribution < -0.4 is 0 Å². The van der Waals surface area contributed by atoms with Crippen LogP contribution in [0.4, 0.5) is 0 Å². The van der Waals surface area contributed by atoms with Crippen molar-refractivity contribution in [3.05, 3.63) is 48.0 Å². The molecule has 0 saturated carbocycles. The number of benzene rings is 1. The van der Waals surface area contributed by atoms with Crippen molar-refractivity contribution in [3.63, 3.8) is 0 Å². The van der Waals surface area contributed by atoms with E-state index in [9.17, 15) is 4.79 Å². The zero-order chi connectivity index (χ0) is 12.5. The van der Waals surface area contributed by atoms with Gasteiger partial charge in [0.2, 0.25) is 0 Å². The number of hydrogen-bond donors (Lipinski definition) is 1. The number of aromatic carboxylic acids is 1. The Morgan fingerprint density at radius 3 is 3.11 bits per heavy atom. The Hall–Kier alpha value is -1.75. The molecule has 1 aliphatic heterocycles. The Morgan fingerprint density at radius 2 is 2.39 bits per heavy atom. The van der Waals surface area contributed by atoms with Crippen LogP contribution in [-0.2, 0) is 6.42 Å². The van der Waals surface area contributed by atoms with Gasteiger partial charge in [0.15, 0.2) is 0 Å². The number of imidazole rings is 1. The Labute approximate surface area is 109 Å². The predicted molar refractivity (Wildman–Crippen MR) is 68.8 cm³/mol. The van der Waals surface area contributed by atoms with Gasteiger partial charge in [-0.2, -0.15) is 0 Å². The number of thioether (sulfide) groups is 1. The van der Waals surface area contributed by atoms with Crippen molar-refractivity contribution in [2.75, 3.05) is 0 Å². The highest BCUT2D eigenvalue weighted by molar-refractivity contribution is 7.99. The lowest BCUT2D eigenvalue weighted by Crippen LogP contribution is -2.10. The van der Waals surface area contributed by atoms with Gasteiger partial charge in [-0.25, -0.2) is 9.78 Å². The molecular weight excluding hydrogens is 248 g/mol. The van der Waals surface area contributed by atoms with Crippen LogP contribution in [0.3, 0.4) is 0 Å². The topological polar surface area (TPSA) is 55.1 Å². The highest BCUT2D eigenvalue weighted by Gasteiger charge is 2.21. The number of aromatic nitrogens is 2. The van der Waals surface area contributed by atoms with Gasteiger partial charge in [0.05, 0.1) is 17.3 Å². The van der Waals surface area contributed by atoms with E-state index in [2.05, 4.69) is 9.55 Å². The molecule has 0 aliphatic carbocycles. The zero-order valence-electron chi connectivity index (χ0n) is 9.61. The minimum Gasteiger partial charge on any atom is -0.478 e. The summed E-state index contributed by atoms with van der Waals surface area (Å²) >= 11 is 1.77. The molecule has 1 aromatic heterocycles. The lowest BCUT2D eigenvalue weighted by Gasteiger charge is -2.25. The molecule has 1 aromatic carbocycles. The van der Waals surface area contributed by atoms with Crippen molar-refractivity contribution in [1.82, 2.24) is 9.55 Å². The van der Waals surface area contributed by atoms with Crippen LogP contribution in [0.15, 0.2) is 41.8 Å². The summed E-state index contributed by atoms with van der Waals surface area (Å²) in [6.45, 7) is 0. The molecule has 1 atom stereocenters. The third-order valence-electron chi connectivity index (χ3n) is 3.09. The van der Waals surface area contributed by atoms with Crippen molar-refractivity contribution in [2.24, 2.45) is 0 Å². The molecule has 3 rings (SSSR count). The van der Waals surface area contributed by atoms with E-state index in [4.69, 9.17) is 5.11 Å². The van der Waals surface area contributed by atoms with Crippen molar-refractivity contribution in [3.8, 4) is 0 Å². The van der Waals surface area contributed by atoms with E-state index in [0.717, 1.165) is 18.4 Å².